The third-order valence-corrected chi connectivity index (χ3v) is 14.4. The molecule has 0 atom stereocenters. The average molecular weight is 805 g/mol. The van der Waals surface area contributed by atoms with Crippen molar-refractivity contribution in [2.75, 3.05) is 9.71 Å². The van der Waals surface area contributed by atoms with Crippen LogP contribution in [0.3, 0.4) is 0 Å². The number of fused-ring (bicyclic) bond motifs is 12. The smallest absolute Gasteiger partial charge is 0.337 e. The zero-order chi connectivity index (χ0) is 41.4. The van der Waals surface area contributed by atoms with Crippen molar-refractivity contribution in [3.8, 4) is 22.3 Å². The van der Waals surface area contributed by atoms with Crippen molar-refractivity contribution in [1.82, 2.24) is 0 Å². The molecule has 0 spiro atoms. The fourth-order valence-corrected chi connectivity index (χ4v) is 11.4. The third-order valence-electron chi connectivity index (χ3n) is 13.2. The minimum atomic E-state index is -0.201. The van der Waals surface area contributed by atoms with E-state index in [9.17, 15) is 0 Å². The largest absolute Gasteiger partial charge is 0.456 e. The molecule has 0 fully saturated rings. The molecule has 2 aromatic heterocycles. The van der Waals surface area contributed by atoms with Gasteiger partial charge in [-0.25, -0.2) is 0 Å². The second-order valence-corrected chi connectivity index (χ2v) is 20.0. The second-order valence-electron chi connectivity index (χ2n) is 18.9. The Morgan fingerprint density at radius 1 is 0.492 bits per heavy atom. The Bertz CT molecular complexity index is 3400. The van der Waals surface area contributed by atoms with E-state index < -0.39 is 0 Å². The highest BCUT2D eigenvalue weighted by Crippen LogP contribution is 2.54. The second kappa shape index (κ2) is 13.0. The lowest BCUT2D eigenvalue weighted by atomic mass is 9.43. The number of hydrogen-bond donors (Lipinski definition) is 0. The van der Waals surface area contributed by atoms with Crippen LogP contribution in [0.25, 0.3) is 64.4 Å². The maximum absolute atomic E-state index is 7.15. The van der Waals surface area contributed by atoms with Gasteiger partial charge < -0.3 is 14.1 Å². The number of anilines is 5. The Kier molecular flexibility index (Phi) is 7.72. The molecule has 2 aliphatic heterocycles. The first kappa shape index (κ1) is 36.3. The Hall–Kier alpha value is -6.56. The summed E-state index contributed by atoms with van der Waals surface area (Å²) in [5.41, 5.74) is 17.7. The normalized spacial score (nSPS) is 13.6. The average Bonchev–Trinajstić information content (AvgIpc) is 3.84. The summed E-state index contributed by atoms with van der Waals surface area (Å²) in [7, 11) is 0. The van der Waals surface area contributed by atoms with Crippen LogP contribution >= 0.6 is 11.3 Å². The molecule has 0 saturated carbocycles. The van der Waals surface area contributed by atoms with Crippen LogP contribution in [0, 0.1) is 0 Å². The van der Waals surface area contributed by atoms with Crippen molar-refractivity contribution in [1.29, 1.82) is 0 Å². The number of thiophene rings is 1. The molecule has 0 saturated heterocycles. The number of furan rings is 1. The Morgan fingerprint density at radius 2 is 1.16 bits per heavy atom. The lowest BCUT2D eigenvalue weighted by Crippen LogP contribution is -2.61. The summed E-state index contributed by atoms with van der Waals surface area (Å²) in [5, 5.41) is 4.85. The number of para-hydroxylation sites is 2. The van der Waals surface area contributed by atoms with E-state index in [2.05, 4.69) is 215 Å². The molecule has 10 aromatic rings. The highest BCUT2D eigenvalue weighted by molar-refractivity contribution is 7.26. The summed E-state index contributed by atoms with van der Waals surface area (Å²) < 4.78 is 9.78. The minimum Gasteiger partial charge on any atom is -0.456 e. The van der Waals surface area contributed by atoms with Gasteiger partial charge in [-0.05, 0) is 93.6 Å². The summed E-state index contributed by atoms with van der Waals surface area (Å²) >= 11 is 1.93. The summed E-state index contributed by atoms with van der Waals surface area (Å²) in [6.45, 7) is 13.7. The topological polar surface area (TPSA) is 19.6 Å². The molecule has 294 valence electrons. The van der Waals surface area contributed by atoms with E-state index in [0.29, 0.717) is 0 Å². The van der Waals surface area contributed by atoms with Crippen LogP contribution in [-0.4, -0.2) is 6.85 Å². The monoisotopic (exact) mass is 804 g/mol. The van der Waals surface area contributed by atoms with Crippen LogP contribution in [0.5, 0.6) is 0 Å². The summed E-state index contributed by atoms with van der Waals surface area (Å²) in [4.78, 5) is 5.19. The van der Waals surface area contributed by atoms with Gasteiger partial charge >= 0.3 is 6.85 Å². The van der Waals surface area contributed by atoms with Gasteiger partial charge in [-0.15, -0.1) is 11.3 Å². The summed E-state index contributed by atoms with van der Waals surface area (Å²) in [6, 6.07) is 61.0. The third kappa shape index (κ3) is 5.36. The van der Waals surface area contributed by atoms with E-state index in [1.54, 1.807) is 0 Å². The van der Waals surface area contributed by atoms with Crippen molar-refractivity contribution in [2.45, 2.75) is 52.4 Å². The molecule has 0 amide bonds. The molecule has 3 nitrogen and oxygen atoms in total. The molecule has 0 bridgehead atoms. The quantitative estimate of drug-likeness (QED) is 0.166. The molecule has 0 N–H and O–H groups in total. The van der Waals surface area contributed by atoms with Crippen LogP contribution in [0.15, 0.2) is 168 Å². The van der Waals surface area contributed by atoms with Gasteiger partial charge in [-0.2, -0.15) is 0 Å². The van der Waals surface area contributed by atoms with E-state index in [1.807, 2.05) is 11.3 Å². The number of hydrogen-bond acceptors (Lipinski definition) is 4. The van der Waals surface area contributed by atoms with Crippen LogP contribution < -0.4 is 20.6 Å². The van der Waals surface area contributed by atoms with Crippen LogP contribution in [0.1, 0.15) is 52.7 Å². The lowest BCUT2D eigenvalue weighted by molar-refractivity contribution is 0.590. The van der Waals surface area contributed by atoms with Gasteiger partial charge in [0.05, 0.1) is 5.69 Å². The standard InChI is InChI=1S/C56H45BN2OS/c1-55(2,3)35-24-27-37(28-25-35)59-45-30-26-36(56(4,5)6)32-43(45)50-51-47(33-42-40-20-12-15-23-49(40)61-54(42)50)58(44-21-13-10-18-38(44)34-16-8-7-9-17-34)46-31-29-41-39-19-11-14-22-48(39)60-53(41)52(46)57(51)59/h7-33H,1-6H3. The first-order valence-electron chi connectivity index (χ1n) is 21.5. The van der Waals surface area contributed by atoms with E-state index in [1.165, 1.54) is 75.9 Å². The molecular weight excluding hydrogens is 760 g/mol. The van der Waals surface area contributed by atoms with Crippen molar-refractivity contribution < 1.29 is 4.42 Å². The van der Waals surface area contributed by atoms with Crippen LogP contribution in [0.2, 0.25) is 0 Å². The first-order valence-corrected chi connectivity index (χ1v) is 22.3. The van der Waals surface area contributed by atoms with Gasteiger partial charge in [0.1, 0.15) is 11.2 Å². The minimum absolute atomic E-state index is 0.0248. The number of benzene rings is 8. The summed E-state index contributed by atoms with van der Waals surface area (Å²) in [6.07, 6.45) is 0. The predicted molar refractivity (Wildman–Crippen MR) is 263 cm³/mol. The zero-order valence-corrected chi connectivity index (χ0v) is 36.2. The number of rotatable bonds is 3. The van der Waals surface area contributed by atoms with E-state index in [0.717, 1.165) is 39.0 Å². The number of nitrogens with zero attached hydrogens (tertiary/aromatic N) is 2. The van der Waals surface area contributed by atoms with Crippen molar-refractivity contribution in [2.24, 2.45) is 0 Å². The van der Waals surface area contributed by atoms with Gasteiger partial charge in [0.15, 0.2) is 0 Å². The molecular formula is C56H45BN2OS. The van der Waals surface area contributed by atoms with E-state index in [-0.39, 0.29) is 17.7 Å². The Labute approximate surface area is 361 Å². The Morgan fingerprint density at radius 3 is 1.95 bits per heavy atom. The van der Waals surface area contributed by atoms with Crippen LogP contribution in [0.4, 0.5) is 28.4 Å². The molecule has 8 aromatic carbocycles. The molecule has 0 unspecified atom stereocenters. The molecule has 61 heavy (non-hydrogen) atoms. The van der Waals surface area contributed by atoms with Gasteiger partial charge in [0.2, 0.25) is 0 Å². The highest BCUT2D eigenvalue weighted by atomic mass is 32.1. The van der Waals surface area contributed by atoms with Crippen molar-refractivity contribution >= 4 is 99.7 Å². The van der Waals surface area contributed by atoms with Gasteiger partial charge in [0.25, 0.3) is 0 Å². The maximum Gasteiger partial charge on any atom is 0.337 e. The fraction of sp³-hybridized carbons (Fsp3) is 0.143. The molecule has 0 radical (unpaired) electrons. The van der Waals surface area contributed by atoms with Gasteiger partial charge in [0, 0.05) is 75.8 Å². The molecule has 0 aliphatic carbocycles. The van der Waals surface area contributed by atoms with Crippen molar-refractivity contribution in [3.63, 3.8) is 0 Å². The van der Waals surface area contributed by atoms with Crippen molar-refractivity contribution in [3.05, 3.63) is 175 Å². The molecule has 12 rings (SSSR count). The SMILES string of the molecule is CC(C)(C)c1ccc(N2B3c4c(cc5c(sc6ccccc65)c4-c4cc(C(C)(C)C)ccc42)N(c2ccccc2-c2ccccc2)c2ccc4c(oc5ccccc54)c23)cc1. The highest BCUT2D eigenvalue weighted by Gasteiger charge is 2.48. The molecule has 4 heterocycles. The fourth-order valence-electron chi connectivity index (χ4n) is 10.1. The maximum atomic E-state index is 7.15. The van der Waals surface area contributed by atoms with Gasteiger partial charge in [-0.3, -0.25) is 0 Å². The zero-order valence-electron chi connectivity index (χ0n) is 35.4. The predicted octanol–water partition coefficient (Wildman–Crippen LogP) is 14.9. The van der Waals surface area contributed by atoms with E-state index in [4.69, 9.17) is 4.42 Å². The van der Waals surface area contributed by atoms with E-state index >= 15 is 0 Å². The summed E-state index contributed by atoms with van der Waals surface area (Å²) in [5.74, 6) is 0. The first-order chi connectivity index (χ1) is 29.5. The molecule has 2 aliphatic rings. The van der Waals surface area contributed by atoms with Crippen LogP contribution in [-0.2, 0) is 10.8 Å². The lowest BCUT2D eigenvalue weighted by Gasteiger charge is -2.46. The molecule has 5 heteroatoms. The van der Waals surface area contributed by atoms with Gasteiger partial charge in [-0.1, -0.05) is 145 Å². The Balaban J connectivity index is 1.29.